The van der Waals surface area contributed by atoms with Crippen molar-refractivity contribution in [1.29, 1.82) is 0 Å². The highest BCUT2D eigenvalue weighted by molar-refractivity contribution is 5.71. The summed E-state index contributed by atoms with van der Waals surface area (Å²) in [4.78, 5) is 10.7. The quantitative estimate of drug-likeness (QED) is 0.444. The summed E-state index contributed by atoms with van der Waals surface area (Å²) in [5.41, 5.74) is 1.15. The fraction of sp³-hybridized carbons (Fsp3) is 0.625. The van der Waals surface area contributed by atoms with Crippen molar-refractivity contribution in [1.82, 2.24) is 0 Å². The first kappa shape index (κ1) is 9.21. The lowest BCUT2D eigenvalue weighted by atomic mass is 10.3. The highest BCUT2D eigenvalue weighted by Gasteiger charge is 1.95. The summed E-state index contributed by atoms with van der Waals surface area (Å²) in [6.45, 7) is 6.19. The van der Waals surface area contributed by atoms with Gasteiger partial charge in [-0.3, -0.25) is 4.79 Å². The van der Waals surface area contributed by atoms with Gasteiger partial charge in [0, 0.05) is 0 Å². The number of hydrogen-bond donors (Lipinski definition) is 0. The summed E-state index contributed by atoms with van der Waals surface area (Å²) < 4.78 is 4.71. The molecule has 0 saturated carbocycles. The second kappa shape index (κ2) is 5.03. The molecule has 0 N–H and O–H groups in total. The normalized spacial score (nSPS) is 8.70. The molecule has 0 heterocycles. The van der Waals surface area contributed by atoms with Crippen LogP contribution in [-0.4, -0.2) is 12.6 Å². The minimum absolute atomic E-state index is 0.149. The van der Waals surface area contributed by atoms with Gasteiger partial charge in [0.1, 0.15) is 0 Å². The van der Waals surface area contributed by atoms with Crippen molar-refractivity contribution < 1.29 is 9.53 Å². The predicted molar refractivity (Wildman–Crippen MR) is 40.7 cm³/mol. The summed E-state index contributed by atoms with van der Waals surface area (Å²) in [7, 11) is 0. The SMILES string of the molecule is CCOC(=O)CC=C(C)C. The molecule has 0 aromatic heterocycles. The molecule has 0 amide bonds. The molecule has 0 atom stereocenters. The first-order valence-corrected chi connectivity index (χ1v) is 3.45. The summed E-state index contributed by atoms with van der Waals surface area (Å²) in [5, 5.41) is 0. The maximum absolute atomic E-state index is 10.7. The van der Waals surface area contributed by atoms with Crippen molar-refractivity contribution in [2.45, 2.75) is 27.2 Å². The number of hydrogen-bond acceptors (Lipinski definition) is 2. The zero-order valence-corrected chi connectivity index (χ0v) is 6.81. The third-order valence-corrected chi connectivity index (χ3v) is 0.982. The van der Waals surface area contributed by atoms with Crippen molar-refractivity contribution in [2.75, 3.05) is 6.61 Å². The smallest absolute Gasteiger partial charge is 0.309 e. The van der Waals surface area contributed by atoms with Crippen LogP contribution in [0.2, 0.25) is 0 Å². The van der Waals surface area contributed by atoms with Gasteiger partial charge in [0.15, 0.2) is 0 Å². The third kappa shape index (κ3) is 5.35. The van der Waals surface area contributed by atoms with E-state index in [-0.39, 0.29) is 5.97 Å². The summed E-state index contributed by atoms with van der Waals surface area (Å²) in [6, 6.07) is 0. The van der Waals surface area contributed by atoms with E-state index in [1.807, 2.05) is 19.9 Å². The molecule has 0 radical (unpaired) electrons. The van der Waals surface area contributed by atoms with Gasteiger partial charge in [-0.05, 0) is 20.8 Å². The van der Waals surface area contributed by atoms with E-state index >= 15 is 0 Å². The molecule has 2 heteroatoms. The predicted octanol–water partition coefficient (Wildman–Crippen LogP) is 1.91. The summed E-state index contributed by atoms with van der Waals surface area (Å²) in [5.74, 6) is -0.149. The summed E-state index contributed by atoms with van der Waals surface area (Å²) in [6.07, 6.45) is 2.26. The van der Waals surface area contributed by atoms with Crippen LogP contribution in [0.4, 0.5) is 0 Å². The minimum atomic E-state index is -0.149. The molecule has 0 spiro atoms. The van der Waals surface area contributed by atoms with Crippen molar-refractivity contribution >= 4 is 5.97 Å². The van der Waals surface area contributed by atoms with Crippen LogP contribution in [0, 0.1) is 0 Å². The van der Waals surface area contributed by atoms with Crippen LogP contribution in [0.25, 0.3) is 0 Å². The Kier molecular flexibility index (Phi) is 4.63. The van der Waals surface area contributed by atoms with E-state index in [2.05, 4.69) is 0 Å². The zero-order chi connectivity index (χ0) is 7.98. The first-order valence-electron chi connectivity index (χ1n) is 3.45. The molecule has 0 rings (SSSR count). The average Bonchev–Trinajstić information content (AvgIpc) is 1.85. The fourth-order valence-electron chi connectivity index (χ4n) is 0.507. The van der Waals surface area contributed by atoms with Crippen LogP contribution in [0.3, 0.4) is 0 Å². The third-order valence-electron chi connectivity index (χ3n) is 0.982. The van der Waals surface area contributed by atoms with Crippen LogP contribution < -0.4 is 0 Å². The molecular weight excluding hydrogens is 128 g/mol. The van der Waals surface area contributed by atoms with Crippen LogP contribution in [-0.2, 0) is 9.53 Å². The number of carbonyl (C=O) groups excluding carboxylic acids is 1. The standard InChI is InChI=1S/C8H14O2/c1-4-10-8(9)6-5-7(2)3/h5H,4,6H2,1-3H3. The molecule has 0 saturated heterocycles. The number of rotatable bonds is 3. The lowest BCUT2D eigenvalue weighted by molar-refractivity contribution is -0.142. The Morgan fingerprint density at radius 1 is 1.50 bits per heavy atom. The second-order valence-electron chi connectivity index (χ2n) is 2.29. The van der Waals surface area contributed by atoms with Gasteiger partial charge in [-0.2, -0.15) is 0 Å². The van der Waals surface area contributed by atoms with E-state index in [0.717, 1.165) is 5.57 Å². The average molecular weight is 142 g/mol. The van der Waals surface area contributed by atoms with Crippen molar-refractivity contribution in [3.8, 4) is 0 Å². The minimum Gasteiger partial charge on any atom is -0.466 e. The van der Waals surface area contributed by atoms with Crippen LogP contribution in [0.15, 0.2) is 11.6 Å². The number of esters is 1. The van der Waals surface area contributed by atoms with Gasteiger partial charge >= 0.3 is 5.97 Å². The zero-order valence-electron chi connectivity index (χ0n) is 6.81. The number of carbonyl (C=O) groups is 1. The highest BCUT2D eigenvalue weighted by Crippen LogP contribution is 1.94. The molecule has 10 heavy (non-hydrogen) atoms. The van der Waals surface area contributed by atoms with Crippen molar-refractivity contribution in [3.05, 3.63) is 11.6 Å². The molecule has 0 aliphatic heterocycles. The van der Waals surface area contributed by atoms with E-state index in [0.29, 0.717) is 13.0 Å². The largest absolute Gasteiger partial charge is 0.466 e. The molecule has 2 nitrogen and oxygen atoms in total. The van der Waals surface area contributed by atoms with Gasteiger partial charge in [-0.1, -0.05) is 11.6 Å². The Morgan fingerprint density at radius 3 is 2.50 bits per heavy atom. The molecule has 0 aromatic carbocycles. The molecule has 0 aromatic rings. The molecule has 0 aliphatic rings. The molecule has 58 valence electrons. The van der Waals surface area contributed by atoms with E-state index in [4.69, 9.17) is 4.74 Å². The maximum atomic E-state index is 10.7. The summed E-state index contributed by atoms with van der Waals surface area (Å²) >= 11 is 0. The van der Waals surface area contributed by atoms with Gasteiger partial charge in [-0.15, -0.1) is 0 Å². The van der Waals surface area contributed by atoms with E-state index in [9.17, 15) is 4.79 Å². The molecule has 0 aliphatic carbocycles. The van der Waals surface area contributed by atoms with E-state index in [1.165, 1.54) is 0 Å². The van der Waals surface area contributed by atoms with Gasteiger partial charge in [0.25, 0.3) is 0 Å². The van der Waals surface area contributed by atoms with Gasteiger partial charge in [-0.25, -0.2) is 0 Å². The molecule has 0 fully saturated rings. The monoisotopic (exact) mass is 142 g/mol. The van der Waals surface area contributed by atoms with Crippen LogP contribution >= 0.6 is 0 Å². The van der Waals surface area contributed by atoms with Gasteiger partial charge in [0.05, 0.1) is 13.0 Å². The van der Waals surface area contributed by atoms with Crippen LogP contribution in [0.5, 0.6) is 0 Å². The van der Waals surface area contributed by atoms with Crippen LogP contribution in [0.1, 0.15) is 27.2 Å². The number of ether oxygens (including phenoxy) is 1. The number of allylic oxidation sites excluding steroid dienone is 1. The topological polar surface area (TPSA) is 26.3 Å². The lowest BCUT2D eigenvalue weighted by Gasteiger charge is -1.96. The Hall–Kier alpha value is -0.790. The second-order valence-corrected chi connectivity index (χ2v) is 2.29. The molecule has 0 bridgehead atoms. The molecular formula is C8H14O2. The Bertz CT molecular complexity index is 132. The van der Waals surface area contributed by atoms with Crippen molar-refractivity contribution in [2.24, 2.45) is 0 Å². The Balaban J connectivity index is 3.49. The first-order chi connectivity index (χ1) is 4.66. The Labute approximate surface area is 61.9 Å². The van der Waals surface area contributed by atoms with Gasteiger partial charge in [0.2, 0.25) is 0 Å². The van der Waals surface area contributed by atoms with Gasteiger partial charge < -0.3 is 4.74 Å². The van der Waals surface area contributed by atoms with E-state index < -0.39 is 0 Å². The highest BCUT2D eigenvalue weighted by atomic mass is 16.5. The van der Waals surface area contributed by atoms with E-state index in [1.54, 1.807) is 6.92 Å². The fourth-order valence-corrected chi connectivity index (χ4v) is 0.507. The molecule has 0 unspecified atom stereocenters. The lowest BCUT2D eigenvalue weighted by Crippen LogP contribution is -2.01. The van der Waals surface area contributed by atoms with Crippen molar-refractivity contribution in [3.63, 3.8) is 0 Å². The maximum Gasteiger partial charge on any atom is 0.309 e. The Morgan fingerprint density at radius 2 is 2.10 bits per heavy atom.